The first-order valence-electron chi connectivity index (χ1n) is 7.53. The van der Waals surface area contributed by atoms with Gasteiger partial charge in [0.15, 0.2) is 0 Å². The molecule has 1 aliphatic heterocycles. The second-order valence-corrected chi connectivity index (χ2v) is 6.29. The van der Waals surface area contributed by atoms with Gasteiger partial charge in [0.2, 0.25) is 0 Å². The molecule has 0 radical (unpaired) electrons. The Bertz CT molecular complexity index is 458. The first kappa shape index (κ1) is 15.6. The van der Waals surface area contributed by atoms with Crippen LogP contribution in [0.5, 0.6) is 0 Å². The highest BCUT2D eigenvalue weighted by molar-refractivity contribution is 9.10. The zero-order chi connectivity index (χ0) is 14.5. The molecular formula is C15H24BrN3O. The predicted octanol–water partition coefficient (Wildman–Crippen LogP) is 2.87. The summed E-state index contributed by atoms with van der Waals surface area (Å²) >= 11 is 3.45. The minimum Gasteiger partial charge on any atom is -0.349 e. The standard InChI is InChI=1S/C15H24BrN3O/c1-3-7-19-11-12(16)9-14(19)15(20)17-10-13-6-5-8-18(13)4-2/h9,11,13H,3-8,10H2,1-2H3,(H,17,20). The Labute approximate surface area is 129 Å². The van der Waals surface area contributed by atoms with E-state index < -0.39 is 0 Å². The van der Waals surface area contributed by atoms with Gasteiger partial charge in [-0.15, -0.1) is 0 Å². The number of halogens is 1. The second kappa shape index (κ2) is 7.27. The molecule has 2 rings (SSSR count). The maximum Gasteiger partial charge on any atom is 0.268 e. The van der Waals surface area contributed by atoms with E-state index in [2.05, 4.69) is 40.0 Å². The van der Waals surface area contributed by atoms with Crippen molar-refractivity contribution in [2.75, 3.05) is 19.6 Å². The van der Waals surface area contributed by atoms with Crippen LogP contribution in [0.15, 0.2) is 16.7 Å². The molecule has 1 amide bonds. The van der Waals surface area contributed by atoms with Gasteiger partial charge in [-0.1, -0.05) is 13.8 Å². The molecule has 4 nitrogen and oxygen atoms in total. The number of likely N-dealkylation sites (tertiary alicyclic amines) is 1. The number of aromatic nitrogens is 1. The normalized spacial score (nSPS) is 19.4. The van der Waals surface area contributed by atoms with Gasteiger partial charge in [0, 0.05) is 29.8 Å². The number of aryl methyl sites for hydroxylation is 1. The predicted molar refractivity (Wildman–Crippen MR) is 85.0 cm³/mol. The highest BCUT2D eigenvalue weighted by Gasteiger charge is 2.23. The highest BCUT2D eigenvalue weighted by atomic mass is 79.9. The lowest BCUT2D eigenvalue weighted by Crippen LogP contribution is -2.40. The van der Waals surface area contributed by atoms with Crippen molar-refractivity contribution in [1.29, 1.82) is 0 Å². The van der Waals surface area contributed by atoms with Gasteiger partial charge >= 0.3 is 0 Å². The van der Waals surface area contributed by atoms with Gasteiger partial charge in [-0.25, -0.2) is 0 Å². The number of hydrogen-bond acceptors (Lipinski definition) is 2. The molecule has 0 aliphatic carbocycles. The smallest absolute Gasteiger partial charge is 0.268 e. The summed E-state index contributed by atoms with van der Waals surface area (Å²) in [7, 11) is 0. The average molecular weight is 342 g/mol. The fourth-order valence-corrected chi connectivity index (χ4v) is 3.40. The van der Waals surface area contributed by atoms with Crippen molar-refractivity contribution in [3.8, 4) is 0 Å². The molecule has 1 unspecified atom stereocenters. The van der Waals surface area contributed by atoms with Gasteiger partial charge in [0.25, 0.3) is 5.91 Å². The number of likely N-dealkylation sites (N-methyl/N-ethyl adjacent to an activating group) is 1. The van der Waals surface area contributed by atoms with Crippen LogP contribution in [0.25, 0.3) is 0 Å². The van der Waals surface area contributed by atoms with E-state index in [0.29, 0.717) is 6.04 Å². The summed E-state index contributed by atoms with van der Waals surface area (Å²) in [5.41, 5.74) is 0.750. The summed E-state index contributed by atoms with van der Waals surface area (Å²) in [6.07, 6.45) is 5.43. The van der Waals surface area contributed by atoms with Crippen LogP contribution in [0.2, 0.25) is 0 Å². The molecular weight excluding hydrogens is 318 g/mol. The third-order valence-electron chi connectivity index (χ3n) is 3.96. The number of nitrogens with one attached hydrogen (secondary N) is 1. The van der Waals surface area contributed by atoms with Crippen LogP contribution in [0.4, 0.5) is 0 Å². The quantitative estimate of drug-likeness (QED) is 0.863. The molecule has 2 heterocycles. The summed E-state index contributed by atoms with van der Waals surface area (Å²) < 4.78 is 2.98. The Balaban J connectivity index is 1.94. The Morgan fingerprint density at radius 3 is 3.00 bits per heavy atom. The van der Waals surface area contributed by atoms with Crippen LogP contribution >= 0.6 is 15.9 Å². The summed E-state index contributed by atoms with van der Waals surface area (Å²) in [6.45, 7) is 8.16. The monoisotopic (exact) mass is 341 g/mol. The maximum absolute atomic E-state index is 12.3. The van der Waals surface area contributed by atoms with E-state index in [-0.39, 0.29) is 5.91 Å². The number of rotatable bonds is 6. The molecule has 0 bridgehead atoms. The van der Waals surface area contributed by atoms with E-state index in [0.717, 1.165) is 42.8 Å². The van der Waals surface area contributed by atoms with Crippen LogP contribution in [-0.2, 0) is 6.54 Å². The van der Waals surface area contributed by atoms with E-state index in [4.69, 9.17) is 0 Å². The minimum absolute atomic E-state index is 0.0344. The SMILES string of the molecule is CCCn1cc(Br)cc1C(=O)NCC1CCCN1CC. The number of carbonyl (C=O) groups excluding carboxylic acids is 1. The number of amides is 1. The van der Waals surface area contributed by atoms with Crippen molar-refractivity contribution in [2.45, 2.75) is 45.7 Å². The van der Waals surface area contributed by atoms with Crippen LogP contribution in [0, 0.1) is 0 Å². The van der Waals surface area contributed by atoms with Crippen LogP contribution in [0.3, 0.4) is 0 Å². The number of nitrogens with zero attached hydrogens (tertiary/aromatic N) is 2. The van der Waals surface area contributed by atoms with Gasteiger partial charge < -0.3 is 9.88 Å². The van der Waals surface area contributed by atoms with E-state index in [1.54, 1.807) is 0 Å². The van der Waals surface area contributed by atoms with Crippen LogP contribution in [0.1, 0.15) is 43.6 Å². The molecule has 1 N–H and O–H groups in total. The largest absolute Gasteiger partial charge is 0.349 e. The average Bonchev–Trinajstić information content (AvgIpc) is 3.02. The minimum atomic E-state index is 0.0344. The molecule has 1 aromatic heterocycles. The molecule has 0 saturated carbocycles. The fourth-order valence-electron chi connectivity index (χ4n) is 2.93. The summed E-state index contributed by atoms with van der Waals surface area (Å²) in [5.74, 6) is 0.0344. The molecule has 1 aromatic rings. The van der Waals surface area contributed by atoms with Gasteiger partial charge in [0.05, 0.1) is 0 Å². The highest BCUT2D eigenvalue weighted by Crippen LogP contribution is 2.17. The van der Waals surface area contributed by atoms with E-state index >= 15 is 0 Å². The van der Waals surface area contributed by atoms with Gasteiger partial charge in [-0.2, -0.15) is 0 Å². The maximum atomic E-state index is 12.3. The summed E-state index contributed by atoms with van der Waals surface area (Å²) in [5, 5.41) is 3.10. The Morgan fingerprint density at radius 2 is 2.30 bits per heavy atom. The van der Waals surface area contributed by atoms with Crippen molar-refractivity contribution in [3.05, 3.63) is 22.4 Å². The Hall–Kier alpha value is -0.810. The topological polar surface area (TPSA) is 37.3 Å². The van der Waals surface area contributed by atoms with Crippen molar-refractivity contribution >= 4 is 21.8 Å². The number of carbonyl (C=O) groups is 1. The third kappa shape index (κ3) is 3.64. The van der Waals surface area contributed by atoms with Gasteiger partial charge in [0.1, 0.15) is 5.69 Å². The lowest BCUT2D eigenvalue weighted by molar-refractivity contribution is 0.0932. The van der Waals surface area contributed by atoms with Crippen molar-refractivity contribution < 1.29 is 4.79 Å². The molecule has 0 spiro atoms. The first-order chi connectivity index (χ1) is 9.65. The fraction of sp³-hybridized carbons (Fsp3) is 0.667. The first-order valence-corrected chi connectivity index (χ1v) is 8.33. The molecule has 112 valence electrons. The van der Waals surface area contributed by atoms with Crippen molar-refractivity contribution in [2.24, 2.45) is 0 Å². The Kier molecular flexibility index (Phi) is 5.66. The van der Waals surface area contributed by atoms with Crippen LogP contribution < -0.4 is 5.32 Å². The van der Waals surface area contributed by atoms with E-state index in [1.165, 1.54) is 12.8 Å². The molecule has 20 heavy (non-hydrogen) atoms. The Morgan fingerprint density at radius 1 is 1.50 bits per heavy atom. The summed E-state index contributed by atoms with van der Waals surface area (Å²) in [6, 6.07) is 2.40. The van der Waals surface area contributed by atoms with Crippen molar-refractivity contribution in [3.63, 3.8) is 0 Å². The zero-order valence-corrected chi connectivity index (χ0v) is 13.9. The van der Waals surface area contributed by atoms with Gasteiger partial charge in [-0.05, 0) is 54.3 Å². The molecule has 0 aromatic carbocycles. The molecule has 1 fully saturated rings. The van der Waals surface area contributed by atoms with Crippen LogP contribution in [-0.4, -0.2) is 41.1 Å². The number of hydrogen-bond donors (Lipinski definition) is 1. The van der Waals surface area contributed by atoms with Crippen molar-refractivity contribution in [1.82, 2.24) is 14.8 Å². The van der Waals surface area contributed by atoms with Gasteiger partial charge in [-0.3, -0.25) is 9.69 Å². The second-order valence-electron chi connectivity index (χ2n) is 5.37. The third-order valence-corrected chi connectivity index (χ3v) is 4.40. The molecule has 5 heteroatoms. The van der Waals surface area contributed by atoms with E-state index in [9.17, 15) is 4.79 Å². The summed E-state index contributed by atoms with van der Waals surface area (Å²) in [4.78, 5) is 14.8. The lowest BCUT2D eigenvalue weighted by atomic mass is 10.2. The van der Waals surface area contributed by atoms with E-state index in [1.807, 2.05) is 16.8 Å². The lowest BCUT2D eigenvalue weighted by Gasteiger charge is -2.23. The molecule has 1 aliphatic rings. The molecule has 1 saturated heterocycles. The molecule has 1 atom stereocenters. The zero-order valence-electron chi connectivity index (χ0n) is 12.4.